The topological polar surface area (TPSA) is 63.6 Å². The van der Waals surface area contributed by atoms with Crippen LogP contribution in [0.25, 0.3) is 0 Å². The molecule has 4 nitrogen and oxygen atoms in total. The van der Waals surface area contributed by atoms with E-state index >= 15 is 0 Å². The average Bonchev–Trinajstić information content (AvgIpc) is 2.59. The maximum absolute atomic E-state index is 12.5. The minimum Gasteiger partial charge on any atom is -0.481 e. The molecule has 3 unspecified atom stereocenters. The van der Waals surface area contributed by atoms with Gasteiger partial charge >= 0.3 is 11.9 Å². The summed E-state index contributed by atoms with van der Waals surface area (Å²) in [6.45, 7) is 4.33. The Morgan fingerprint density at radius 2 is 1.54 bits per heavy atom. The van der Waals surface area contributed by atoms with Crippen molar-refractivity contribution in [2.75, 3.05) is 0 Å². The van der Waals surface area contributed by atoms with Gasteiger partial charge in [0.1, 0.15) is 6.10 Å². The summed E-state index contributed by atoms with van der Waals surface area (Å²) < 4.78 is 5.74. The van der Waals surface area contributed by atoms with Crippen molar-refractivity contribution in [2.24, 2.45) is 11.8 Å². The van der Waals surface area contributed by atoms with Gasteiger partial charge in [0.25, 0.3) is 0 Å². The molecule has 1 aliphatic rings. The lowest BCUT2D eigenvalue weighted by atomic mass is 9.83. The lowest BCUT2D eigenvalue weighted by molar-refractivity contribution is -0.162. The van der Waals surface area contributed by atoms with E-state index in [0.717, 1.165) is 32.1 Å². The van der Waals surface area contributed by atoms with Crippen LogP contribution >= 0.6 is 0 Å². The van der Waals surface area contributed by atoms with Crippen molar-refractivity contribution in [3.63, 3.8) is 0 Å². The van der Waals surface area contributed by atoms with Crippen LogP contribution in [0.5, 0.6) is 0 Å². The van der Waals surface area contributed by atoms with Crippen molar-refractivity contribution in [1.82, 2.24) is 0 Å². The smallest absolute Gasteiger partial charge is 0.310 e. The Balaban J connectivity index is 2.52. The molecule has 0 aromatic carbocycles. The highest BCUT2D eigenvalue weighted by Gasteiger charge is 2.35. The van der Waals surface area contributed by atoms with E-state index in [0.29, 0.717) is 12.8 Å². The second-order valence-electron chi connectivity index (χ2n) is 6.90. The number of esters is 1. The first-order chi connectivity index (χ1) is 11.6. The second kappa shape index (κ2) is 12.1. The molecule has 0 radical (unpaired) electrons. The van der Waals surface area contributed by atoms with E-state index in [2.05, 4.69) is 13.8 Å². The molecule has 0 aromatic heterocycles. The molecule has 0 fully saturated rings. The number of carboxylic acids is 1. The summed E-state index contributed by atoms with van der Waals surface area (Å²) in [6.07, 6.45) is 14.5. The van der Waals surface area contributed by atoms with Crippen LogP contribution in [0.3, 0.4) is 0 Å². The lowest BCUT2D eigenvalue weighted by Gasteiger charge is -2.26. The minimum absolute atomic E-state index is 0.0561. The van der Waals surface area contributed by atoms with E-state index in [4.69, 9.17) is 4.74 Å². The number of unbranched alkanes of at least 4 members (excludes halogenated alkanes) is 5. The van der Waals surface area contributed by atoms with Gasteiger partial charge in [-0.2, -0.15) is 0 Å². The van der Waals surface area contributed by atoms with Gasteiger partial charge in [-0.25, -0.2) is 0 Å². The zero-order valence-electron chi connectivity index (χ0n) is 15.3. The summed E-state index contributed by atoms with van der Waals surface area (Å²) in [7, 11) is 0. The summed E-state index contributed by atoms with van der Waals surface area (Å²) in [4.78, 5) is 23.9. The van der Waals surface area contributed by atoms with Gasteiger partial charge in [-0.3, -0.25) is 9.59 Å². The summed E-state index contributed by atoms with van der Waals surface area (Å²) in [5.74, 6) is -2.39. The Bertz CT molecular complexity index is 402. The largest absolute Gasteiger partial charge is 0.481 e. The van der Waals surface area contributed by atoms with Crippen LogP contribution in [0.2, 0.25) is 0 Å². The molecule has 0 saturated carbocycles. The van der Waals surface area contributed by atoms with Crippen LogP contribution in [0.1, 0.15) is 84.5 Å². The fraction of sp³-hybridized carbons (Fsp3) is 0.800. The molecule has 4 heteroatoms. The number of hydrogen-bond donors (Lipinski definition) is 1. The molecule has 1 rings (SSSR count). The van der Waals surface area contributed by atoms with Crippen molar-refractivity contribution in [2.45, 2.75) is 90.6 Å². The zero-order chi connectivity index (χ0) is 17.8. The zero-order valence-corrected chi connectivity index (χ0v) is 15.3. The number of rotatable bonds is 12. The number of ether oxygens (including phenoxy) is 1. The van der Waals surface area contributed by atoms with Crippen molar-refractivity contribution in [3.8, 4) is 0 Å². The predicted octanol–water partition coefficient (Wildman–Crippen LogP) is 5.12. The third kappa shape index (κ3) is 7.50. The molecular formula is C20H34O4. The van der Waals surface area contributed by atoms with Gasteiger partial charge in [-0.1, -0.05) is 64.5 Å². The number of hydrogen-bond acceptors (Lipinski definition) is 3. The molecule has 0 saturated heterocycles. The Labute approximate surface area is 146 Å². The standard InChI is InChI=1S/C20H34O4/c1-3-5-7-8-9-13-16(12-6-4-2)24-20(23)18-15-11-10-14-17(18)19(21)22/h10-11,16-18H,3-9,12-15H2,1-2H3,(H,21,22). The molecular weight excluding hydrogens is 304 g/mol. The first-order valence-corrected chi connectivity index (χ1v) is 9.68. The second-order valence-corrected chi connectivity index (χ2v) is 6.90. The first kappa shape index (κ1) is 20.7. The number of allylic oxidation sites excluding steroid dienone is 2. The SMILES string of the molecule is CCCCCCCC(CCCC)OC(=O)C1CC=CCC1C(=O)O. The minimum atomic E-state index is -0.897. The third-order valence-electron chi connectivity index (χ3n) is 4.84. The van der Waals surface area contributed by atoms with Crippen LogP contribution in [-0.4, -0.2) is 23.1 Å². The van der Waals surface area contributed by atoms with E-state index in [1.807, 2.05) is 12.2 Å². The van der Waals surface area contributed by atoms with Crippen LogP contribution < -0.4 is 0 Å². The van der Waals surface area contributed by atoms with E-state index in [1.165, 1.54) is 25.7 Å². The average molecular weight is 338 g/mol. The normalized spacial score (nSPS) is 21.4. The molecule has 3 atom stereocenters. The van der Waals surface area contributed by atoms with E-state index in [-0.39, 0.29) is 12.1 Å². The van der Waals surface area contributed by atoms with Crippen molar-refractivity contribution < 1.29 is 19.4 Å². The Morgan fingerprint density at radius 1 is 0.958 bits per heavy atom. The summed E-state index contributed by atoms with van der Waals surface area (Å²) in [5, 5.41) is 9.32. The molecule has 0 spiro atoms. The molecule has 138 valence electrons. The fourth-order valence-electron chi connectivity index (χ4n) is 3.27. The Hall–Kier alpha value is -1.32. The highest BCUT2D eigenvalue weighted by Crippen LogP contribution is 2.28. The Morgan fingerprint density at radius 3 is 2.17 bits per heavy atom. The summed E-state index contributed by atoms with van der Waals surface area (Å²) in [6, 6.07) is 0. The fourth-order valence-corrected chi connectivity index (χ4v) is 3.27. The van der Waals surface area contributed by atoms with E-state index in [9.17, 15) is 14.7 Å². The number of aliphatic carboxylic acids is 1. The van der Waals surface area contributed by atoms with Crippen molar-refractivity contribution >= 4 is 11.9 Å². The van der Waals surface area contributed by atoms with Crippen LogP contribution in [0.15, 0.2) is 12.2 Å². The Kier molecular flexibility index (Phi) is 10.4. The highest BCUT2D eigenvalue weighted by atomic mass is 16.5. The van der Waals surface area contributed by atoms with E-state index in [1.54, 1.807) is 0 Å². The molecule has 0 bridgehead atoms. The molecule has 1 aliphatic carbocycles. The molecule has 24 heavy (non-hydrogen) atoms. The number of carboxylic acid groups (broad SMARTS) is 1. The van der Waals surface area contributed by atoms with Gasteiger partial charge < -0.3 is 9.84 Å². The van der Waals surface area contributed by atoms with Crippen LogP contribution in [0, 0.1) is 11.8 Å². The van der Waals surface area contributed by atoms with E-state index < -0.39 is 17.8 Å². The van der Waals surface area contributed by atoms with Gasteiger partial charge in [-0.05, 0) is 32.1 Å². The molecule has 0 amide bonds. The molecule has 0 heterocycles. The number of carbonyl (C=O) groups excluding carboxylic acids is 1. The van der Waals surface area contributed by atoms with Gasteiger partial charge in [-0.15, -0.1) is 0 Å². The van der Waals surface area contributed by atoms with Crippen LogP contribution in [0.4, 0.5) is 0 Å². The summed E-state index contributed by atoms with van der Waals surface area (Å²) >= 11 is 0. The summed E-state index contributed by atoms with van der Waals surface area (Å²) in [5.41, 5.74) is 0. The maximum Gasteiger partial charge on any atom is 0.310 e. The molecule has 0 aromatic rings. The van der Waals surface area contributed by atoms with Gasteiger partial charge in [0.2, 0.25) is 0 Å². The van der Waals surface area contributed by atoms with Crippen LogP contribution in [-0.2, 0) is 14.3 Å². The quantitative estimate of drug-likeness (QED) is 0.305. The maximum atomic E-state index is 12.5. The lowest BCUT2D eigenvalue weighted by Crippen LogP contribution is -2.34. The van der Waals surface area contributed by atoms with Gasteiger partial charge in [0.05, 0.1) is 11.8 Å². The number of carbonyl (C=O) groups is 2. The first-order valence-electron chi connectivity index (χ1n) is 9.68. The highest BCUT2D eigenvalue weighted by molar-refractivity contribution is 5.81. The third-order valence-corrected chi connectivity index (χ3v) is 4.84. The van der Waals surface area contributed by atoms with Crippen molar-refractivity contribution in [3.05, 3.63) is 12.2 Å². The van der Waals surface area contributed by atoms with Crippen molar-refractivity contribution in [1.29, 1.82) is 0 Å². The predicted molar refractivity (Wildman–Crippen MR) is 95.8 cm³/mol. The van der Waals surface area contributed by atoms with Gasteiger partial charge in [0.15, 0.2) is 0 Å². The van der Waals surface area contributed by atoms with Gasteiger partial charge in [0, 0.05) is 0 Å². The monoisotopic (exact) mass is 338 g/mol. The molecule has 1 N–H and O–H groups in total. The molecule has 0 aliphatic heterocycles.